The lowest BCUT2D eigenvalue weighted by atomic mass is 9.94. The minimum absolute atomic E-state index is 0.226. The summed E-state index contributed by atoms with van der Waals surface area (Å²) >= 11 is 0. The molecule has 0 unspecified atom stereocenters. The summed E-state index contributed by atoms with van der Waals surface area (Å²) in [5.41, 5.74) is 1.31. The smallest absolute Gasteiger partial charge is 0.250 e. The van der Waals surface area contributed by atoms with E-state index in [1.165, 1.54) is 6.07 Å². The van der Waals surface area contributed by atoms with Crippen molar-refractivity contribution >= 4 is 13.3 Å². The minimum atomic E-state index is -0.348. The molecule has 0 aliphatic heterocycles. The van der Waals surface area contributed by atoms with Crippen LogP contribution in [0, 0.1) is 12.7 Å². The second-order valence-corrected chi connectivity index (χ2v) is 3.11. The molecule has 0 amide bonds. The fraction of sp³-hybridized carbons (Fsp3) is 0.111. The highest BCUT2D eigenvalue weighted by atomic mass is 19.1. The molecule has 1 aromatic carbocycles. The van der Waals surface area contributed by atoms with E-state index in [2.05, 4.69) is 10.2 Å². The van der Waals surface area contributed by atoms with Gasteiger partial charge in [0.2, 0.25) is 5.89 Å². The molecule has 3 nitrogen and oxygen atoms in total. The van der Waals surface area contributed by atoms with Crippen LogP contribution in [0.4, 0.5) is 4.39 Å². The van der Waals surface area contributed by atoms with Gasteiger partial charge in [0.1, 0.15) is 13.7 Å². The van der Waals surface area contributed by atoms with Crippen LogP contribution in [-0.4, -0.2) is 18.0 Å². The molecule has 0 bridgehead atoms. The van der Waals surface area contributed by atoms with Crippen LogP contribution in [-0.2, 0) is 0 Å². The molecule has 1 aromatic heterocycles. The normalized spacial score (nSPS) is 10.4. The molecule has 2 aromatic rings. The van der Waals surface area contributed by atoms with Crippen LogP contribution in [0.1, 0.15) is 5.89 Å². The fourth-order valence-electron chi connectivity index (χ4n) is 1.21. The van der Waals surface area contributed by atoms with E-state index in [-0.39, 0.29) is 11.7 Å². The van der Waals surface area contributed by atoms with Crippen molar-refractivity contribution in [2.45, 2.75) is 6.92 Å². The summed E-state index contributed by atoms with van der Waals surface area (Å²) in [4.78, 5) is 0. The van der Waals surface area contributed by atoms with Crippen molar-refractivity contribution < 1.29 is 8.81 Å². The summed E-state index contributed by atoms with van der Waals surface area (Å²) in [6.45, 7) is 1.67. The average molecular weight is 190 g/mol. The average Bonchev–Trinajstić information content (AvgIpc) is 2.56. The lowest BCUT2D eigenvalue weighted by Crippen LogP contribution is -2.02. The third-order valence-corrected chi connectivity index (χ3v) is 1.88. The Morgan fingerprint density at radius 3 is 2.79 bits per heavy atom. The first-order valence-electron chi connectivity index (χ1n) is 4.23. The molecule has 0 fully saturated rings. The monoisotopic (exact) mass is 190 g/mol. The Balaban J connectivity index is 2.55. The van der Waals surface area contributed by atoms with E-state index in [0.717, 1.165) is 5.46 Å². The summed E-state index contributed by atoms with van der Waals surface area (Å²) in [7, 11) is 1.88. The molecule has 0 saturated heterocycles. The standard InChI is InChI=1S/C9H8BFN2O/c1-5-12-13-9(14-5)7-4-6(10)2-3-8(7)11/h2-4H,10H2,1H3. The second-order valence-electron chi connectivity index (χ2n) is 3.11. The maximum absolute atomic E-state index is 13.3. The van der Waals surface area contributed by atoms with Crippen molar-refractivity contribution in [1.29, 1.82) is 0 Å². The third kappa shape index (κ3) is 1.53. The molecule has 2 rings (SSSR count). The Bertz CT molecular complexity index is 470. The highest BCUT2D eigenvalue weighted by molar-refractivity contribution is 6.32. The molecule has 14 heavy (non-hydrogen) atoms. The van der Waals surface area contributed by atoms with Crippen molar-refractivity contribution in [2.75, 3.05) is 0 Å². The number of hydrogen-bond donors (Lipinski definition) is 0. The van der Waals surface area contributed by atoms with Crippen molar-refractivity contribution in [2.24, 2.45) is 0 Å². The second kappa shape index (κ2) is 3.25. The fourth-order valence-corrected chi connectivity index (χ4v) is 1.21. The van der Waals surface area contributed by atoms with E-state index in [9.17, 15) is 4.39 Å². The summed E-state index contributed by atoms with van der Waals surface area (Å²) in [6, 6.07) is 4.77. The molecule has 5 heteroatoms. The number of aromatic nitrogens is 2. The first-order chi connectivity index (χ1) is 6.66. The van der Waals surface area contributed by atoms with Crippen LogP contribution in [0.2, 0.25) is 0 Å². The number of hydrogen-bond acceptors (Lipinski definition) is 3. The van der Waals surface area contributed by atoms with Gasteiger partial charge in [-0.15, -0.1) is 10.2 Å². The van der Waals surface area contributed by atoms with E-state index >= 15 is 0 Å². The van der Waals surface area contributed by atoms with Crippen LogP contribution in [0.15, 0.2) is 22.6 Å². The summed E-state index contributed by atoms with van der Waals surface area (Å²) in [6.07, 6.45) is 0. The van der Waals surface area contributed by atoms with Crippen LogP contribution in [0.3, 0.4) is 0 Å². The van der Waals surface area contributed by atoms with Gasteiger partial charge in [-0.2, -0.15) is 0 Å². The zero-order valence-corrected chi connectivity index (χ0v) is 7.91. The van der Waals surface area contributed by atoms with E-state index < -0.39 is 0 Å². The van der Waals surface area contributed by atoms with E-state index in [4.69, 9.17) is 4.42 Å². The Hall–Kier alpha value is -1.65. The first kappa shape index (κ1) is 8.93. The zero-order chi connectivity index (χ0) is 10.1. The van der Waals surface area contributed by atoms with Gasteiger partial charge in [-0.3, -0.25) is 0 Å². The molecule has 0 radical (unpaired) electrons. The molecule has 0 aliphatic carbocycles. The van der Waals surface area contributed by atoms with Crippen LogP contribution in [0.25, 0.3) is 11.5 Å². The third-order valence-electron chi connectivity index (χ3n) is 1.88. The zero-order valence-electron chi connectivity index (χ0n) is 7.91. The van der Waals surface area contributed by atoms with E-state index in [0.29, 0.717) is 11.5 Å². The van der Waals surface area contributed by atoms with Gasteiger partial charge >= 0.3 is 0 Å². The van der Waals surface area contributed by atoms with Crippen LogP contribution >= 0.6 is 0 Å². The van der Waals surface area contributed by atoms with Gasteiger partial charge in [0.05, 0.1) is 5.56 Å². The number of aryl methyl sites for hydroxylation is 1. The highest BCUT2D eigenvalue weighted by Crippen LogP contribution is 2.19. The summed E-state index contributed by atoms with van der Waals surface area (Å²) in [5, 5.41) is 7.41. The van der Waals surface area contributed by atoms with Gasteiger partial charge in [0.15, 0.2) is 0 Å². The molecule has 70 valence electrons. The Morgan fingerprint density at radius 1 is 1.36 bits per heavy atom. The molecular formula is C9H8BFN2O. The lowest BCUT2D eigenvalue weighted by Gasteiger charge is -1.98. The molecule has 0 spiro atoms. The van der Waals surface area contributed by atoms with Crippen molar-refractivity contribution in [1.82, 2.24) is 10.2 Å². The molecule has 1 heterocycles. The van der Waals surface area contributed by atoms with Gasteiger partial charge in [-0.05, 0) is 6.07 Å². The maximum atomic E-state index is 13.3. The van der Waals surface area contributed by atoms with Gasteiger partial charge in [0, 0.05) is 6.92 Å². The number of nitrogens with zero attached hydrogens (tertiary/aromatic N) is 2. The minimum Gasteiger partial charge on any atom is -0.421 e. The topological polar surface area (TPSA) is 38.9 Å². The summed E-state index contributed by atoms with van der Waals surface area (Å²) in [5.74, 6) is 0.309. The molecule has 0 saturated carbocycles. The van der Waals surface area contributed by atoms with Crippen molar-refractivity contribution in [3.63, 3.8) is 0 Å². The SMILES string of the molecule is Bc1ccc(F)c(-c2nnc(C)o2)c1. The van der Waals surface area contributed by atoms with Crippen molar-refractivity contribution in [3.8, 4) is 11.5 Å². The highest BCUT2D eigenvalue weighted by Gasteiger charge is 2.10. The predicted molar refractivity (Wildman–Crippen MR) is 52.6 cm³/mol. The number of rotatable bonds is 1. The van der Waals surface area contributed by atoms with E-state index in [1.54, 1.807) is 19.1 Å². The van der Waals surface area contributed by atoms with Crippen LogP contribution < -0.4 is 5.46 Å². The largest absolute Gasteiger partial charge is 0.421 e. The Labute approximate surface area is 81.4 Å². The Kier molecular flexibility index (Phi) is 2.07. The molecule has 0 atom stereocenters. The lowest BCUT2D eigenvalue weighted by molar-refractivity contribution is 0.526. The van der Waals surface area contributed by atoms with Gasteiger partial charge in [-0.25, -0.2) is 4.39 Å². The number of halogens is 1. The maximum Gasteiger partial charge on any atom is 0.250 e. The first-order valence-corrected chi connectivity index (χ1v) is 4.23. The van der Waals surface area contributed by atoms with E-state index in [1.807, 2.05) is 7.85 Å². The molecular weight excluding hydrogens is 182 g/mol. The van der Waals surface area contributed by atoms with Gasteiger partial charge in [-0.1, -0.05) is 17.6 Å². The van der Waals surface area contributed by atoms with Gasteiger partial charge in [0.25, 0.3) is 5.89 Å². The van der Waals surface area contributed by atoms with Crippen LogP contribution in [0.5, 0.6) is 0 Å². The number of benzene rings is 1. The molecule has 0 N–H and O–H groups in total. The molecule has 0 aliphatic rings. The quantitative estimate of drug-likeness (QED) is 0.612. The summed E-state index contributed by atoms with van der Waals surface area (Å²) < 4.78 is 18.5. The van der Waals surface area contributed by atoms with Gasteiger partial charge < -0.3 is 4.42 Å². The predicted octanol–water partition coefficient (Wildman–Crippen LogP) is 0.443. The Morgan fingerprint density at radius 2 is 2.14 bits per heavy atom. The van der Waals surface area contributed by atoms with Crippen molar-refractivity contribution in [3.05, 3.63) is 29.9 Å².